The van der Waals surface area contributed by atoms with Crippen molar-refractivity contribution in [2.75, 3.05) is 19.7 Å². The van der Waals surface area contributed by atoms with E-state index >= 15 is 0 Å². The van der Waals surface area contributed by atoms with Crippen molar-refractivity contribution in [3.63, 3.8) is 0 Å². The quantitative estimate of drug-likeness (QED) is 0.431. The molecule has 6 heteroatoms. The van der Waals surface area contributed by atoms with Crippen LogP contribution in [0.5, 0.6) is 5.75 Å². The molecule has 24 heavy (non-hydrogen) atoms. The average Bonchev–Trinajstić information content (AvgIpc) is 2.60. The Morgan fingerprint density at radius 1 is 1.29 bits per heavy atom. The number of ether oxygens (including phenoxy) is 1. The van der Waals surface area contributed by atoms with Crippen molar-refractivity contribution in [1.82, 2.24) is 15.6 Å². The van der Waals surface area contributed by atoms with Gasteiger partial charge in [-0.3, -0.25) is 4.98 Å². The Hall–Kier alpha value is -2.08. The second kappa shape index (κ2) is 9.93. The molecule has 128 valence electrons. The highest BCUT2D eigenvalue weighted by atomic mass is 79.9. The van der Waals surface area contributed by atoms with Crippen LogP contribution in [0.2, 0.25) is 0 Å². The third-order valence-corrected chi connectivity index (χ3v) is 4.06. The van der Waals surface area contributed by atoms with Gasteiger partial charge in [-0.25, -0.2) is 4.99 Å². The lowest BCUT2D eigenvalue weighted by atomic mass is 10.1. The van der Waals surface area contributed by atoms with E-state index in [1.54, 1.807) is 12.4 Å². The average molecular weight is 391 g/mol. The fraction of sp³-hybridized carbons (Fsp3) is 0.333. The molecule has 0 aliphatic heterocycles. The van der Waals surface area contributed by atoms with Gasteiger partial charge >= 0.3 is 0 Å². The second-order valence-electron chi connectivity index (χ2n) is 5.19. The minimum Gasteiger partial charge on any atom is -0.490 e. The van der Waals surface area contributed by atoms with Crippen molar-refractivity contribution in [1.29, 1.82) is 0 Å². The van der Waals surface area contributed by atoms with Crippen molar-refractivity contribution in [2.45, 2.75) is 19.9 Å². The Labute approximate surface area is 151 Å². The fourth-order valence-corrected chi connectivity index (χ4v) is 2.81. The highest BCUT2D eigenvalue weighted by Gasteiger charge is 2.10. The minimum atomic E-state index is 0.137. The lowest BCUT2D eigenvalue weighted by Gasteiger charge is -2.19. The van der Waals surface area contributed by atoms with E-state index in [-0.39, 0.29) is 6.04 Å². The zero-order chi connectivity index (χ0) is 17.2. The first-order chi connectivity index (χ1) is 11.7. The van der Waals surface area contributed by atoms with Gasteiger partial charge in [0.1, 0.15) is 12.4 Å². The molecule has 2 N–H and O–H groups in total. The maximum Gasteiger partial charge on any atom is 0.191 e. The van der Waals surface area contributed by atoms with Crippen LogP contribution in [-0.2, 0) is 0 Å². The summed E-state index contributed by atoms with van der Waals surface area (Å²) in [5, 5.41) is 6.67. The lowest BCUT2D eigenvalue weighted by Crippen LogP contribution is -2.39. The molecule has 0 aliphatic rings. The van der Waals surface area contributed by atoms with Gasteiger partial charge in [0, 0.05) is 17.2 Å². The maximum absolute atomic E-state index is 5.61. The van der Waals surface area contributed by atoms with E-state index in [4.69, 9.17) is 4.74 Å². The molecule has 0 bridgehead atoms. The van der Waals surface area contributed by atoms with E-state index in [0.29, 0.717) is 13.2 Å². The summed E-state index contributed by atoms with van der Waals surface area (Å²) in [5.74, 6) is 1.53. The summed E-state index contributed by atoms with van der Waals surface area (Å²) in [6.45, 7) is 6.03. The summed E-state index contributed by atoms with van der Waals surface area (Å²) < 4.78 is 6.69. The number of nitrogens with one attached hydrogen (secondary N) is 2. The van der Waals surface area contributed by atoms with Crippen LogP contribution in [0.15, 0.2) is 58.3 Å². The number of hydrogen-bond acceptors (Lipinski definition) is 3. The monoisotopic (exact) mass is 390 g/mol. The number of halogens is 1. The van der Waals surface area contributed by atoms with Crippen LogP contribution in [-0.4, -0.2) is 30.6 Å². The van der Waals surface area contributed by atoms with Gasteiger partial charge in [-0.2, -0.15) is 0 Å². The zero-order valence-corrected chi connectivity index (χ0v) is 15.6. The molecule has 0 fully saturated rings. The van der Waals surface area contributed by atoms with Crippen LogP contribution in [0.4, 0.5) is 0 Å². The predicted octanol–water partition coefficient (Wildman–Crippen LogP) is 3.54. The maximum atomic E-state index is 5.61. The molecule has 0 saturated carbocycles. The number of benzene rings is 1. The smallest absolute Gasteiger partial charge is 0.191 e. The predicted molar refractivity (Wildman–Crippen MR) is 101 cm³/mol. The number of aromatic nitrogens is 1. The topological polar surface area (TPSA) is 58.5 Å². The summed E-state index contributed by atoms with van der Waals surface area (Å²) in [6, 6.07) is 12.0. The van der Waals surface area contributed by atoms with E-state index in [2.05, 4.69) is 49.5 Å². The number of nitrogens with zero attached hydrogens (tertiary/aromatic N) is 2. The molecular weight excluding hydrogens is 368 g/mol. The zero-order valence-electron chi connectivity index (χ0n) is 14.0. The minimum absolute atomic E-state index is 0.137. The van der Waals surface area contributed by atoms with Crippen LogP contribution in [0.1, 0.15) is 25.5 Å². The Kier molecular flexibility index (Phi) is 7.55. The van der Waals surface area contributed by atoms with E-state index in [0.717, 1.165) is 22.7 Å². The van der Waals surface area contributed by atoms with Crippen molar-refractivity contribution in [2.24, 2.45) is 4.99 Å². The molecule has 0 saturated heterocycles. The fourth-order valence-electron chi connectivity index (χ4n) is 2.18. The Bertz CT molecular complexity index is 648. The number of aliphatic imine (C=N–C) groups is 1. The first-order valence-electron chi connectivity index (χ1n) is 8.02. The highest BCUT2D eigenvalue weighted by Crippen LogP contribution is 2.22. The molecule has 1 heterocycles. The van der Waals surface area contributed by atoms with Gasteiger partial charge in [-0.15, -0.1) is 0 Å². The third kappa shape index (κ3) is 5.85. The molecule has 0 radical (unpaired) electrons. The summed E-state index contributed by atoms with van der Waals surface area (Å²) in [5.41, 5.74) is 1.19. The molecule has 1 atom stereocenters. The van der Waals surface area contributed by atoms with Crippen molar-refractivity contribution < 1.29 is 4.74 Å². The molecule has 0 spiro atoms. The molecule has 0 amide bonds. The van der Waals surface area contributed by atoms with Crippen LogP contribution in [0, 0.1) is 0 Å². The van der Waals surface area contributed by atoms with Gasteiger partial charge < -0.3 is 15.4 Å². The number of guanidine groups is 1. The molecule has 1 unspecified atom stereocenters. The van der Waals surface area contributed by atoms with Gasteiger partial charge in [0.2, 0.25) is 0 Å². The standard InChI is InChI=1S/C18H23BrN4O/c1-3-21-18(22-11-12-24-15-7-6-10-20-13-15)23-14(2)16-8-4-5-9-17(16)19/h4-10,13-14H,3,11-12H2,1-2H3,(H2,21,22,23). The van der Waals surface area contributed by atoms with Crippen LogP contribution in [0.25, 0.3) is 0 Å². The second-order valence-corrected chi connectivity index (χ2v) is 6.04. The van der Waals surface area contributed by atoms with Crippen LogP contribution >= 0.6 is 15.9 Å². The van der Waals surface area contributed by atoms with Crippen molar-refractivity contribution >= 4 is 21.9 Å². The van der Waals surface area contributed by atoms with Gasteiger partial charge in [0.25, 0.3) is 0 Å². The largest absolute Gasteiger partial charge is 0.490 e. The number of rotatable bonds is 7. The first kappa shape index (κ1) is 18.3. The van der Waals surface area contributed by atoms with Crippen LogP contribution in [0.3, 0.4) is 0 Å². The molecule has 2 aromatic rings. The Morgan fingerprint density at radius 2 is 2.12 bits per heavy atom. The number of pyridine rings is 1. The van der Waals surface area contributed by atoms with Gasteiger partial charge in [0.15, 0.2) is 5.96 Å². The third-order valence-electron chi connectivity index (χ3n) is 3.33. The summed E-state index contributed by atoms with van der Waals surface area (Å²) >= 11 is 3.59. The summed E-state index contributed by atoms with van der Waals surface area (Å²) in [4.78, 5) is 8.58. The van der Waals surface area contributed by atoms with E-state index in [1.807, 2.05) is 37.3 Å². The molecule has 1 aromatic heterocycles. The van der Waals surface area contributed by atoms with E-state index < -0.39 is 0 Å². The summed E-state index contributed by atoms with van der Waals surface area (Å²) in [7, 11) is 0. The van der Waals surface area contributed by atoms with Gasteiger partial charge in [0.05, 0.1) is 18.8 Å². The molecular formula is C18H23BrN4O. The SMILES string of the molecule is CCNC(=NCCOc1cccnc1)NC(C)c1ccccc1Br. The molecule has 0 aliphatic carbocycles. The Morgan fingerprint density at radius 3 is 2.83 bits per heavy atom. The molecule has 1 aromatic carbocycles. The van der Waals surface area contributed by atoms with E-state index in [1.165, 1.54) is 5.56 Å². The summed E-state index contributed by atoms with van der Waals surface area (Å²) in [6.07, 6.45) is 3.42. The van der Waals surface area contributed by atoms with Gasteiger partial charge in [-0.05, 0) is 37.6 Å². The lowest BCUT2D eigenvalue weighted by molar-refractivity contribution is 0.327. The molecule has 5 nitrogen and oxygen atoms in total. The van der Waals surface area contributed by atoms with Crippen molar-refractivity contribution in [3.05, 3.63) is 58.8 Å². The van der Waals surface area contributed by atoms with E-state index in [9.17, 15) is 0 Å². The van der Waals surface area contributed by atoms with Crippen LogP contribution < -0.4 is 15.4 Å². The first-order valence-corrected chi connectivity index (χ1v) is 8.82. The Balaban J connectivity index is 1.89. The number of hydrogen-bond donors (Lipinski definition) is 2. The highest BCUT2D eigenvalue weighted by molar-refractivity contribution is 9.10. The normalized spacial score (nSPS) is 12.5. The molecule has 2 rings (SSSR count). The van der Waals surface area contributed by atoms with Gasteiger partial charge in [-0.1, -0.05) is 34.1 Å². The van der Waals surface area contributed by atoms with Crippen molar-refractivity contribution in [3.8, 4) is 5.75 Å².